The fourth-order valence-electron chi connectivity index (χ4n) is 3.67. The molecule has 1 aliphatic rings. The summed E-state index contributed by atoms with van der Waals surface area (Å²) >= 11 is 6.49. The van der Waals surface area contributed by atoms with Gasteiger partial charge in [-0.1, -0.05) is 23.4 Å². The molecule has 1 amide bonds. The average molecular weight is 465 g/mol. The fraction of sp³-hybridized carbons (Fsp3) is 0.320. The number of aliphatic hydroxyl groups is 1. The van der Waals surface area contributed by atoms with Gasteiger partial charge in [-0.15, -0.1) is 0 Å². The van der Waals surface area contributed by atoms with Crippen LogP contribution in [0, 0.1) is 11.8 Å². The second-order valence-corrected chi connectivity index (χ2v) is 8.87. The first-order valence-electron chi connectivity index (χ1n) is 10.6. The van der Waals surface area contributed by atoms with E-state index < -0.39 is 5.60 Å². The molecule has 0 aliphatic carbocycles. The second-order valence-electron chi connectivity index (χ2n) is 8.46. The largest absolute Gasteiger partial charge is 0.383 e. The van der Waals surface area contributed by atoms with E-state index in [9.17, 15) is 9.90 Å². The summed E-state index contributed by atoms with van der Waals surface area (Å²) in [5.74, 6) is 5.89. The molecule has 33 heavy (non-hydrogen) atoms. The molecule has 0 unspecified atom stereocenters. The molecule has 1 aromatic carbocycles. The third-order valence-electron chi connectivity index (χ3n) is 5.41. The van der Waals surface area contributed by atoms with E-state index in [1.807, 2.05) is 19.1 Å². The van der Waals surface area contributed by atoms with Gasteiger partial charge in [0.25, 0.3) is 5.91 Å². The van der Waals surface area contributed by atoms with Gasteiger partial charge in [0.1, 0.15) is 11.4 Å². The zero-order valence-electron chi connectivity index (χ0n) is 18.8. The number of carbonyl (C=O) groups excluding carboxylic acids is 1. The van der Waals surface area contributed by atoms with Crippen molar-refractivity contribution in [1.29, 1.82) is 0 Å². The Kier molecular flexibility index (Phi) is 6.26. The number of carbonyl (C=O) groups is 1. The van der Waals surface area contributed by atoms with Crippen LogP contribution in [0.5, 0.6) is 0 Å². The van der Waals surface area contributed by atoms with E-state index >= 15 is 0 Å². The third-order valence-corrected chi connectivity index (χ3v) is 5.72. The van der Waals surface area contributed by atoms with Crippen molar-refractivity contribution >= 4 is 34.2 Å². The van der Waals surface area contributed by atoms with Crippen LogP contribution in [-0.4, -0.2) is 38.0 Å². The molecule has 2 aromatic heterocycles. The van der Waals surface area contributed by atoms with Crippen molar-refractivity contribution < 1.29 is 14.6 Å². The summed E-state index contributed by atoms with van der Waals surface area (Å²) in [5.41, 5.74) is 9.26. The van der Waals surface area contributed by atoms with Crippen molar-refractivity contribution in [2.45, 2.75) is 46.1 Å². The Bertz CT molecular complexity index is 1290. The molecule has 4 rings (SSSR count). The number of fused-ring (bicyclic) bond motifs is 3. The van der Waals surface area contributed by atoms with E-state index in [0.29, 0.717) is 53.8 Å². The van der Waals surface area contributed by atoms with Gasteiger partial charge in [0.05, 0.1) is 41.6 Å². The first-order valence-corrected chi connectivity index (χ1v) is 11.0. The van der Waals surface area contributed by atoms with Gasteiger partial charge in [-0.25, -0.2) is 4.98 Å². The van der Waals surface area contributed by atoms with Gasteiger partial charge in [-0.05, 0) is 50.6 Å². The monoisotopic (exact) mass is 464 g/mol. The van der Waals surface area contributed by atoms with Crippen molar-refractivity contribution in [2.75, 3.05) is 12.3 Å². The Labute approximate surface area is 197 Å². The van der Waals surface area contributed by atoms with Gasteiger partial charge in [-0.2, -0.15) is 0 Å². The third kappa shape index (κ3) is 4.93. The van der Waals surface area contributed by atoms with Crippen LogP contribution in [0.3, 0.4) is 0 Å². The summed E-state index contributed by atoms with van der Waals surface area (Å²) in [7, 11) is 0. The molecule has 3 N–H and O–H groups in total. The second kappa shape index (κ2) is 8.99. The number of anilines is 1. The van der Waals surface area contributed by atoms with Crippen molar-refractivity contribution in [3.05, 3.63) is 63.4 Å². The first-order chi connectivity index (χ1) is 15.7. The van der Waals surface area contributed by atoms with Crippen LogP contribution < -0.4 is 5.73 Å². The lowest BCUT2D eigenvalue weighted by Gasteiger charge is -2.21. The van der Waals surface area contributed by atoms with Crippen LogP contribution in [0.15, 0.2) is 30.5 Å². The zero-order chi connectivity index (χ0) is 23.8. The van der Waals surface area contributed by atoms with E-state index in [1.54, 1.807) is 37.1 Å². The number of nitrogens with two attached hydrogens (primary N) is 1. The minimum Gasteiger partial charge on any atom is -0.383 e. The molecule has 0 saturated heterocycles. The number of ether oxygens (including phenoxy) is 1. The van der Waals surface area contributed by atoms with Crippen molar-refractivity contribution in [3.63, 3.8) is 0 Å². The van der Waals surface area contributed by atoms with Crippen LogP contribution in [0.1, 0.15) is 53.5 Å². The number of pyridine rings is 2. The molecule has 1 aliphatic heterocycles. The summed E-state index contributed by atoms with van der Waals surface area (Å²) in [6, 6.07) is 7.11. The molecule has 8 heteroatoms. The number of benzene rings is 1. The van der Waals surface area contributed by atoms with Gasteiger partial charge in [-0.3, -0.25) is 9.78 Å². The van der Waals surface area contributed by atoms with Gasteiger partial charge >= 0.3 is 0 Å². The molecule has 0 atom stereocenters. The van der Waals surface area contributed by atoms with E-state index in [2.05, 4.69) is 21.8 Å². The van der Waals surface area contributed by atoms with E-state index in [1.165, 1.54) is 0 Å². The predicted molar refractivity (Wildman–Crippen MR) is 127 cm³/mol. The van der Waals surface area contributed by atoms with Gasteiger partial charge in [0.15, 0.2) is 0 Å². The molecule has 3 aromatic rings. The molecule has 0 saturated carbocycles. The number of amides is 1. The Morgan fingerprint density at radius 1 is 1.30 bits per heavy atom. The first kappa shape index (κ1) is 23.0. The van der Waals surface area contributed by atoms with Crippen LogP contribution in [-0.2, 0) is 24.5 Å². The van der Waals surface area contributed by atoms with Crippen molar-refractivity contribution in [1.82, 2.24) is 14.9 Å². The minimum atomic E-state index is -1.07. The number of hydrogen-bond donors (Lipinski definition) is 2. The predicted octanol–water partition coefficient (Wildman–Crippen LogP) is 3.68. The fourth-order valence-corrected chi connectivity index (χ4v) is 3.91. The van der Waals surface area contributed by atoms with Gasteiger partial charge < -0.3 is 20.5 Å². The quantitative estimate of drug-likeness (QED) is 0.571. The normalized spacial score (nSPS) is 12.9. The highest BCUT2D eigenvalue weighted by Gasteiger charge is 2.23. The zero-order valence-corrected chi connectivity index (χ0v) is 19.5. The molecule has 0 spiro atoms. The van der Waals surface area contributed by atoms with Crippen LogP contribution in [0.25, 0.3) is 10.9 Å². The summed E-state index contributed by atoms with van der Waals surface area (Å²) in [5, 5.41) is 10.9. The molecule has 3 heterocycles. The molecular formula is C25H25ClN4O3. The Hall–Kier alpha value is -3.18. The van der Waals surface area contributed by atoms with Crippen LogP contribution >= 0.6 is 11.6 Å². The van der Waals surface area contributed by atoms with Crippen molar-refractivity contribution in [3.8, 4) is 11.8 Å². The maximum Gasteiger partial charge on any atom is 0.255 e. The number of nitrogens with zero attached hydrogens (tertiary/aromatic N) is 3. The summed E-state index contributed by atoms with van der Waals surface area (Å²) in [6.45, 7) is 6.80. The number of halogens is 1. The lowest BCUT2D eigenvalue weighted by molar-refractivity contribution is 0.0751. The lowest BCUT2D eigenvalue weighted by Crippen LogP contribution is -2.31. The molecular weight excluding hydrogens is 440 g/mol. The van der Waals surface area contributed by atoms with Crippen LogP contribution in [0.2, 0.25) is 5.02 Å². The average Bonchev–Trinajstić information content (AvgIpc) is 3.26. The molecule has 170 valence electrons. The molecule has 0 bridgehead atoms. The molecule has 0 fully saturated rings. The topological polar surface area (TPSA) is 102 Å². The Morgan fingerprint density at radius 3 is 2.73 bits per heavy atom. The summed E-state index contributed by atoms with van der Waals surface area (Å²) in [4.78, 5) is 23.9. The van der Waals surface area contributed by atoms with Gasteiger partial charge in [0.2, 0.25) is 0 Å². The Balaban J connectivity index is 1.60. The molecule has 7 nitrogen and oxygen atoms in total. The highest BCUT2D eigenvalue weighted by molar-refractivity contribution is 6.34. The maximum absolute atomic E-state index is 13.4. The SMILES string of the molecule is CCN(Cc1ccc(C#CC(C)(C)O)cn1)C(=O)c1cc2c3c(c(N)nc2cc1Cl)COC3. The number of aromatic nitrogens is 2. The number of rotatable bonds is 4. The lowest BCUT2D eigenvalue weighted by atomic mass is 10.0. The summed E-state index contributed by atoms with van der Waals surface area (Å²) in [6.07, 6.45) is 1.63. The van der Waals surface area contributed by atoms with Crippen molar-refractivity contribution in [2.24, 2.45) is 0 Å². The van der Waals surface area contributed by atoms with E-state index in [-0.39, 0.29) is 5.91 Å². The van der Waals surface area contributed by atoms with E-state index in [0.717, 1.165) is 22.2 Å². The van der Waals surface area contributed by atoms with Gasteiger partial charge in [0, 0.05) is 29.3 Å². The smallest absolute Gasteiger partial charge is 0.255 e. The van der Waals surface area contributed by atoms with Crippen LogP contribution in [0.4, 0.5) is 5.82 Å². The Morgan fingerprint density at radius 2 is 2.06 bits per heavy atom. The highest BCUT2D eigenvalue weighted by atomic mass is 35.5. The highest BCUT2D eigenvalue weighted by Crippen LogP contribution is 2.34. The minimum absolute atomic E-state index is 0.193. The standard InChI is InChI=1S/C25H25ClN4O3/c1-4-30(12-16-6-5-15(11-28-16)7-8-25(2,3)32)24(31)18-9-17-19-13-33-14-20(19)23(27)29-22(17)10-21(18)26/h5-6,9-11,32H,4,12-14H2,1-3H3,(H2,27,29). The van der Waals surface area contributed by atoms with E-state index in [4.69, 9.17) is 22.1 Å². The number of hydrogen-bond acceptors (Lipinski definition) is 6. The maximum atomic E-state index is 13.4. The molecule has 0 radical (unpaired) electrons. The number of nitrogen functional groups attached to an aromatic ring is 1. The summed E-state index contributed by atoms with van der Waals surface area (Å²) < 4.78 is 5.55.